The van der Waals surface area contributed by atoms with Crippen LogP contribution in [0.1, 0.15) is 12.8 Å². The first-order valence-corrected chi connectivity index (χ1v) is 3.49. The van der Waals surface area contributed by atoms with Crippen molar-refractivity contribution >= 4 is 5.91 Å². The van der Waals surface area contributed by atoms with E-state index in [2.05, 4.69) is 5.32 Å². The molecule has 0 radical (unpaired) electrons. The topological polar surface area (TPSA) is 61.4 Å². The molecule has 1 saturated heterocycles. The summed E-state index contributed by atoms with van der Waals surface area (Å²) in [6.45, 7) is 1.67. The summed E-state index contributed by atoms with van der Waals surface area (Å²) in [6.07, 6.45) is 1.89. The van der Waals surface area contributed by atoms with E-state index >= 15 is 0 Å². The van der Waals surface area contributed by atoms with Gasteiger partial charge in [0.05, 0.1) is 5.92 Å². The Morgan fingerprint density at radius 3 is 3.00 bits per heavy atom. The van der Waals surface area contributed by atoms with Gasteiger partial charge in [-0.3, -0.25) is 10.0 Å². The van der Waals surface area contributed by atoms with Crippen molar-refractivity contribution in [2.75, 3.05) is 13.1 Å². The zero-order valence-electron chi connectivity index (χ0n) is 5.76. The number of hydrogen-bond donors (Lipinski definition) is 3. The summed E-state index contributed by atoms with van der Waals surface area (Å²) in [5, 5.41) is 11.3. The fourth-order valence-corrected chi connectivity index (χ4v) is 1.17. The first-order valence-electron chi connectivity index (χ1n) is 3.49. The molecule has 1 heterocycles. The summed E-state index contributed by atoms with van der Waals surface area (Å²) in [5.41, 5.74) is 1.66. The minimum Gasteiger partial charge on any atom is -0.316 e. The number of hydrogen-bond acceptors (Lipinski definition) is 3. The molecule has 3 N–H and O–H groups in total. The number of amides is 1. The standard InChI is InChI=1S/C6H12N2O2/c9-6(8-10)5-2-1-3-7-4-5/h5,7,10H,1-4H2,(H,8,9)/t5-/m0/s1. The lowest BCUT2D eigenvalue weighted by molar-refractivity contribution is -0.133. The van der Waals surface area contributed by atoms with E-state index in [0.717, 1.165) is 19.4 Å². The summed E-state index contributed by atoms with van der Waals surface area (Å²) in [7, 11) is 0. The molecule has 0 spiro atoms. The molecular formula is C6H12N2O2. The monoisotopic (exact) mass is 144 g/mol. The third-order valence-electron chi connectivity index (χ3n) is 1.78. The van der Waals surface area contributed by atoms with Crippen LogP contribution in [0.2, 0.25) is 0 Å². The average molecular weight is 144 g/mol. The fraction of sp³-hybridized carbons (Fsp3) is 0.833. The van der Waals surface area contributed by atoms with Crippen LogP contribution in [0.15, 0.2) is 0 Å². The van der Waals surface area contributed by atoms with Gasteiger partial charge in [-0.1, -0.05) is 0 Å². The van der Waals surface area contributed by atoms with E-state index in [1.54, 1.807) is 5.48 Å². The molecule has 1 aliphatic rings. The van der Waals surface area contributed by atoms with Gasteiger partial charge in [0.15, 0.2) is 0 Å². The van der Waals surface area contributed by atoms with Crippen LogP contribution in [-0.4, -0.2) is 24.2 Å². The second kappa shape index (κ2) is 3.53. The molecule has 0 aromatic heterocycles. The van der Waals surface area contributed by atoms with Gasteiger partial charge in [-0.2, -0.15) is 0 Å². The molecule has 0 saturated carbocycles. The molecule has 1 rings (SSSR count). The van der Waals surface area contributed by atoms with Gasteiger partial charge in [0.2, 0.25) is 5.91 Å². The molecule has 0 bridgehead atoms. The number of rotatable bonds is 1. The van der Waals surface area contributed by atoms with Crippen molar-refractivity contribution in [3.05, 3.63) is 0 Å². The van der Waals surface area contributed by atoms with E-state index in [9.17, 15) is 4.79 Å². The van der Waals surface area contributed by atoms with Crippen molar-refractivity contribution in [3.63, 3.8) is 0 Å². The summed E-state index contributed by atoms with van der Waals surface area (Å²) in [6, 6.07) is 0. The summed E-state index contributed by atoms with van der Waals surface area (Å²) < 4.78 is 0. The van der Waals surface area contributed by atoms with Crippen molar-refractivity contribution in [3.8, 4) is 0 Å². The second-order valence-electron chi connectivity index (χ2n) is 2.52. The quantitative estimate of drug-likeness (QED) is 0.343. The van der Waals surface area contributed by atoms with Crippen molar-refractivity contribution < 1.29 is 10.0 Å². The molecule has 1 atom stereocenters. The van der Waals surface area contributed by atoms with E-state index in [4.69, 9.17) is 5.21 Å². The predicted molar refractivity (Wildman–Crippen MR) is 35.5 cm³/mol. The Bertz CT molecular complexity index is 121. The maximum Gasteiger partial charge on any atom is 0.247 e. The van der Waals surface area contributed by atoms with Crippen LogP contribution in [0.4, 0.5) is 0 Å². The molecule has 0 aliphatic carbocycles. The highest BCUT2D eigenvalue weighted by molar-refractivity contribution is 5.77. The van der Waals surface area contributed by atoms with Crippen molar-refractivity contribution in [1.82, 2.24) is 10.8 Å². The number of carbonyl (C=O) groups is 1. The molecule has 4 heteroatoms. The number of hydroxylamine groups is 1. The first kappa shape index (κ1) is 7.50. The Kier molecular flexibility index (Phi) is 2.65. The Morgan fingerprint density at radius 1 is 1.70 bits per heavy atom. The number of nitrogens with one attached hydrogen (secondary N) is 2. The summed E-state index contributed by atoms with van der Waals surface area (Å²) in [4.78, 5) is 10.8. The third-order valence-corrected chi connectivity index (χ3v) is 1.78. The molecule has 1 amide bonds. The SMILES string of the molecule is O=C(NO)[C@H]1CCCNC1. The highest BCUT2D eigenvalue weighted by Crippen LogP contribution is 2.08. The van der Waals surface area contributed by atoms with Gasteiger partial charge in [0.1, 0.15) is 0 Å². The molecule has 4 nitrogen and oxygen atoms in total. The van der Waals surface area contributed by atoms with Crippen LogP contribution in [-0.2, 0) is 4.79 Å². The van der Waals surface area contributed by atoms with E-state index in [1.807, 2.05) is 0 Å². The van der Waals surface area contributed by atoms with Crippen LogP contribution in [0.3, 0.4) is 0 Å². The first-order chi connectivity index (χ1) is 4.84. The second-order valence-corrected chi connectivity index (χ2v) is 2.52. The summed E-state index contributed by atoms with van der Waals surface area (Å²) in [5.74, 6) is -0.314. The molecule has 58 valence electrons. The van der Waals surface area contributed by atoms with Crippen LogP contribution < -0.4 is 10.8 Å². The molecule has 1 fully saturated rings. The largest absolute Gasteiger partial charge is 0.316 e. The number of carbonyl (C=O) groups excluding carboxylic acids is 1. The van der Waals surface area contributed by atoms with Crippen LogP contribution in [0, 0.1) is 5.92 Å². The van der Waals surface area contributed by atoms with Crippen molar-refractivity contribution in [2.24, 2.45) is 5.92 Å². The third kappa shape index (κ3) is 1.68. The number of piperidine rings is 1. The zero-order chi connectivity index (χ0) is 7.40. The highest BCUT2D eigenvalue weighted by Gasteiger charge is 2.19. The van der Waals surface area contributed by atoms with Gasteiger partial charge in [-0.05, 0) is 19.4 Å². The normalized spacial score (nSPS) is 25.9. The van der Waals surface area contributed by atoms with Crippen LogP contribution in [0.5, 0.6) is 0 Å². The average Bonchev–Trinajstić information content (AvgIpc) is 2.05. The Labute approximate surface area is 59.6 Å². The molecule has 0 aromatic carbocycles. The van der Waals surface area contributed by atoms with Crippen LogP contribution in [0.25, 0.3) is 0 Å². The summed E-state index contributed by atoms with van der Waals surface area (Å²) >= 11 is 0. The molecule has 10 heavy (non-hydrogen) atoms. The molecule has 1 aliphatic heterocycles. The van der Waals surface area contributed by atoms with Crippen molar-refractivity contribution in [2.45, 2.75) is 12.8 Å². The van der Waals surface area contributed by atoms with Gasteiger partial charge in [-0.15, -0.1) is 0 Å². The highest BCUT2D eigenvalue weighted by atomic mass is 16.5. The fourth-order valence-electron chi connectivity index (χ4n) is 1.17. The maximum atomic E-state index is 10.8. The molecule has 0 unspecified atom stereocenters. The van der Waals surface area contributed by atoms with Gasteiger partial charge < -0.3 is 5.32 Å². The lowest BCUT2D eigenvalue weighted by atomic mass is 9.99. The minimum absolute atomic E-state index is 0.0428. The van der Waals surface area contributed by atoms with Gasteiger partial charge in [0.25, 0.3) is 0 Å². The zero-order valence-corrected chi connectivity index (χ0v) is 5.76. The molecular weight excluding hydrogens is 132 g/mol. The minimum atomic E-state index is -0.271. The lowest BCUT2D eigenvalue weighted by Crippen LogP contribution is -2.39. The van der Waals surface area contributed by atoms with Crippen molar-refractivity contribution in [1.29, 1.82) is 0 Å². The van der Waals surface area contributed by atoms with Gasteiger partial charge in [-0.25, -0.2) is 5.48 Å². The predicted octanol–water partition coefficient (Wildman–Crippen LogP) is -0.509. The Balaban J connectivity index is 2.31. The Morgan fingerprint density at radius 2 is 2.50 bits per heavy atom. The van der Waals surface area contributed by atoms with E-state index in [0.29, 0.717) is 6.54 Å². The lowest BCUT2D eigenvalue weighted by Gasteiger charge is -2.20. The van der Waals surface area contributed by atoms with Gasteiger partial charge in [0, 0.05) is 6.54 Å². The smallest absolute Gasteiger partial charge is 0.247 e. The van der Waals surface area contributed by atoms with Crippen LogP contribution >= 0.6 is 0 Å². The van der Waals surface area contributed by atoms with E-state index < -0.39 is 0 Å². The Hall–Kier alpha value is -0.610. The van der Waals surface area contributed by atoms with Gasteiger partial charge >= 0.3 is 0 Å². The van der Waals surface area contributed by atoms with E-state index in [-0.39, 0.29) is 11.8 Å². The molecule has 0 aromatic rings. The van der Waals surface area contributed by atoms with E-state index in [1.165, 1.54) is 0 Å². The maximum absolute atomic E-state index is 10.8.